The van der Waals surface area contributed by atoms with E-state index in [-0.39, 0.29) is 12.6 Å². The molecule has 3 atom stereocenters. The maximum Gasteiger partial charge on any atom is 0.0628 e. The predicted octanol–water partition coefficient (Wildman–Crippen LogP) is 6.88. The molecular formula is C25H43NO. The highest BCUT2D eigenvalue weighted by Gasteiger charge is 2.33. The second kappa shape index (κ2) is 13.3. The van der Waals surface area contributed by atoms with Crippen molar-refractivity contribution in [2.75, 3.05) is 6.61 Å². The molecule has 2 heteroatoms. The van der Waals surface area contributed by atoms with Gasteiger partial charge in [0.2, 0.25) is 0 Å². The summed E-state index contributed by atoms with van der Waals surface area (Å²) in [6.45, 7) is 4.87. The smallest absolute Gasteiger partial charge is 0.0628 e. The van der Waals surface area contributed by atoms with Gasteiger partial charge < -0.3 is 5.11 Å². The van der Waals surface area contributed by atoms with Crippen LogP contribution in [-0.2, 0) is 0 Å². The van der Waals surface area contributed by atoms with Crippen LogP contribution in [0, 0.1) is 0 Å². The summed E-state index contributed by atoms with van der Waals surface area (Å²) in [5.41, 5.74) is 1.27. The van der Waals surface area contributed by atoms with Crippen molar-refractivity contribution in [1.82, 2.24) is 4.90 Å². The second-order valence-corrected chi connectivity index (χ2v) is 8.61. The first kappa shape index (κ1) is 22.4. The van der Waals surface area contributed by atoms with Gasteiger partial charge in [-0.15, -0.1) is 0 Å². The first-order valence-electron chi connectivity index (χ1n) is 11.7. The van der Waals surface area contributed by atoms with Gasteiger partial charge >= 0.3 is 0 Å². The van der Waals surface area contributed by atoms with Gasteiger partial charge in [-0.3, -0.25) is 4.90 Å². The third-order valence-corrected chi connectivity index (χ3v) is 6.45. The van der Waals surface area contributed by atoms with E-state index in [1.54, 1.807) is 0 Å². The number of unbranched alkanes of at least 4 members (excludes halogenated alkanes) is 8. The summed E-state index contributed by atoms with van der Waals surface area (Å²) in [5.74, 6) is 0. The van der Waals surface area contributed by atoms with E-state index in [0.29, 0.717) is 12.1 Å². The lowest BCUT2D eigenvalue weighted by Crippen LogP contribution is -2.48. The van der Waals surface area contributed by atoms with E-state index >= 15 is 0 Å². The van der Waals surface area contributed by atoms with Crippen molar-refractivity contribution >= 4 is 0 Å². The van der Waals surface area contributed by atoms with E-state index in [0.717, 1.165) is 0 Å². The number of piperidine rings is 1. The summed E-state index contributed by atoms with van der Waals surface area (Å²) in [7, 11) is 0. The minimum atomic E-state index is 0.157. The Labute approximate surface area is 168 Å². The zero-order valence-corrected chi connectivity index (χ0v) is 17.9. The molecule has 0 radical (unpaired) electrons. The van der Waals surface area contributed by atoms with Gasteiger partial charge in [0, 0.05) is 12.1 Å². The quantitative estimate of drug-likeness (QED) is 0.381. The average Bonchev–Trinajstić information content (AvgIpc) is 2.70. The topological polar surface area (TPSA) is 23.5 Å². The normalized spacial score (nSPS) is 22.0. The molecule has 154 valence electrons. The van der Waals surface area contributed by atoms with Crippen molar-refractivity contribution in [1.29, 1.82) is 0 Å². The van der Waals surface area contributed by atoms with Crippen LogP contribution in [0.5, 0.6) is 0 Å². The molecule has 1 heterocycles. The average molecular weight is 374 g/mol. The van der Waals surface area contributed by atoms with Gasteiger partial charge in [-0.05, 0) is 31.7 Å². The number of likely N-dealkylation sites (tertiary alicyclic amines) is 1. The van der Waals surface area contributed by atoms with Crippen LogP contribution in [0.25, 0.3) is 0 Å². The number of aliphatic hydroxyl groups excluding tert-OH is 1. The summed E-state index contributed by atoms with van der Waals surface area (Å²) in [6.07, 6.45) is 17.7. The van der Waals surface area contributed by atoms with Crippen molar-refractivity contribution < 1.29 is 5.11 Å². The first-order valence-corrected chi connectivity index (χ1v) is 11.7. The molecule has 1 aromatic carbocycles. The van der Waals surface area contributed by atoms with Gasteiger partial charge in [-0.2, -0.15) is 0 Å². The Morgan fingerprint density at radius 1 is 0.926 bits per heavy atom. The van der Waals surface area contributed by atoms with E-state index in [4.69, 9.17) is 0 Å². The molecule has 2 nitrogen and oxygen atoms in total. The second-order valence-electron chi connectivity index (χ2n) is 8.61. The van der Waals surface area contributed by atoms with Crippen molar-refractivity contribution in [3.63, 3.8) is 0 Å². The Hall–Kier alpha value is -0.860. The van der Waals surface area contributed by atoms with Gasteiger partial charge in [-0.25, -0.2) is 0 Å². The van der Waals surface area contributed by atoms with E-state index in [9.17, 15) is 5.11 Å². The van der Waals surface area contributed by atoms with Gasteiger partial charge in [-0.1, -0.05) is 101 Å². The van der Waals surface area contributed by atoms with Crippen molar-refractivity contribution in [3.8, 4) is 0 Å². The molecule has 0 saturated carbocycles. The van der Waals surface area contributed by atoms with Crippen LogP contribution in [0.1, 0.15) is 109 Å². The number of aliphatic hydroxyl groups is 1. The van der Waals surface area contributed by atoms with E-state index in [2.05, 4.69) is 49.1 Å². The Bertz CT molecular complexity index is 474. The van der Waals surface area contributed by atoms with Crippen LogP contribution in [0.4, 0.5) is 0 Å². The maximum absolute atomic E-state index is 10.2. The van der Waals surface area contributed by atoms with Gasteiger partial charge in [0.05, 0.1) is 12.6 Å². The SMILES string of the molecule is CCCCCCCCCCC[C@@H]1CCC[C@H](C)N1[C@@H](CO)c1ccccc1. The first-order chi connectivity index (χ1) is 13.3. The Morgan fingerprint density at radius 2 is 1.56 bits per heavy atom. The van der Waals surface area contributed by atoms with Crippen LogP contribution in [0.3, 0.4) is 0 Å². The standard InChI is InChI=1S/C25H43NO/c1-3-4-5-6-7-8-9-10-14-19-24-20-15-16-22(2)26(24)25(21-27)23-17-12-11-13-18-23/h11-13,17-18,22,24-25,27H,3-10,14-16,19-21H2,1-2H3/t22-,24+,25-/m0/s1. The third kappa shape index (κ3) is 7.58. The van der Waals surface area contributed by atoms with Crippen LogP contribution in [0.2, 0.25) is 0 Å². The molecule has 1 fully saturated rings. The van der Waals surface area contributed by atoms with E-state index < -0.39 is 0 Å². The lowest BCUT2D eigenvalue weighted by Gasteiger charge is -2.45. The molecule has 0 spiro atoms. The zero-order chi connectivity index (χ0) is 19.3. The van der Waals surface area contributed by atoms with Crippen LogP contribution < -0.4 is 0 Å². The van der Waals surface area contributed by atoms with Gasteiger partial charge in [0.25, 0.3) is 0 Å². The molecule has 0 unspecified atom stereocenters. The molecular weight excluding hydrogens is 330 g/mol. The van der Waals surface area contributed by atoms with Crippen molar-refractivity contribution in [3.05, 3.63) is 35.9 Å². The highest BCUT2D eigenvalue weighted by Crippen LogP contribution is 2.34. The van der Waals surface area contributed by atoms with Gasteiger partial charge in [0.1, 0.15) is 0 Å². The molecule has 1 aliphatic heterocycles. The highest BCUT2D eigenvalue weighted by atomic mass is 16.3. The fraction of sp³-hybridized carbons (Fsp3) is 0.760. The summed E-state index contributed by atoms with van der Waals surface area (Å²) in [5, 5.41) is 10.2. The summed E-state index contributed by atoms with van der Waals surface area (Å²) >= 11 is 0. The largest absolute Gasteiger partial charge is 0.394 e. The monoisotopic (exact) mass is 373 g/mol. The molecule has 1 saturated heterocycles. The highest BCUT2D eigenvalue weighted by molar-refractivity contribution is 5.20. The molecule has 1 aromatic rings. The van der Waals surface area contributed by atoms with Crippen molar-refractivity contribution in [2.24, 2.45) is 0 Å². The number of nitrogens with zero attached hydrogens (tertiary/aromatic N) is 1. The number of hydrogen-bond donors (Lipinski definition) is 1. The Balaban J connectivity index is 1.78. The van der Waals surface area contributed by atoms with Crippen LogP contribution in [0.15, 0.2) is 30.3 Å². The minimum absolute atomic E-state index is 0.157. The number of rotatable bonds is 13. The predicted molar refractivity (Wildman–Crippen MR) is 117 cm³/mol. The lowest BCUT2D eigenvalue weighted by molar-refractivity contribution is 0.0130. The van der Waals surface area contributed by atoms with E-state index in [1.165, 1.54) is 89.0 Å². The lowest BCUT2D eigenvalue weighted by atomic mass is 9.89. The Kier molecular flexibility index (Phi) is 11.1. The third-order valence-electron chi connectivity index (χ3n) is 6.45. The zero-order valence-electron chi connectivity index (χ0n) is 17.9. The molecule has 0 amide bonds. The van der Waals surface area contributed by atoms with Crippen LogP contribution in [-0.4, -0.2) is 28.7 Å². The molecule has 1 N–H and O–H groups in total. The van der Waals surface area contributed by atoms with E-state index in [1.807, 2.05) is 0 Å². The number of hydrogen-bond acceptors (Lipinski definition) is 2. The molecule has 1 aliphatic rings. The Morgan fingerprint density at radius 3 is 2.19 bits per heavy atom. The number of benzene rings is 1. The molecule has 27 heavy (non-hydrogen) atoms. The van der Waals surface area contributed by atoms with Crippen molar-refractivity contribution in [2.45, 2.75) is 115 Å². The molecule has 0 bridgehead atoms. The summed E-state index contributed by atoms with van der Waals surface area (Å²) < 4.78 is 0. The summed E-state index contributed by atoms with van der Waals surface area (Å²) in [4.78, 5) is 2.64. The summed E-state index contributed by atoms with van der Waals surface area (Å²) in [6, 6.07) is 12.0. The molecule has 0 aliphatic carbocycles. The minimum Gasteiger partial charge on any atom is -0.394 e. The maximum atomic E-state index is 10.2. The molecule has 0 aromatic heterocycles. The fourth-order valence-corrected chi connectivity index (χ4v) is 4.90. The van der Waals surface area contributed by atoms with Gasteiger partial charge in [0.15, 0.2) is 0 Å². The fourth-order valence-electron chi connectivity index (χ4n) is 4.90. The van der Waals surface area contributed by atoms with Crippen LogP contribution >= 0.6 is 0 Å². The molecule has 2 rings (SSSR count).